The van der Waals surface area contributed by atoms with Crippen molar-refractivity contribution in [1.29, 1.82) is 0 Å². The summed E-state index contributed by atoms with van der Waals surface area (Å²) in [7, 11) is 1.78. The van der Waals surface area contributed by atoms with E-state index < -0.39 is 18.0 Å². The van der Waals surface area contributed by atoms with Crippen molar-refractivity contribution in [2.45, 2.75) is 23.9 Å². The van der Waals surface area contributed by atoms with E-state index in [1.807, 2.05) is 24.3 Å². The van der Waals surface area contributed by atoms with Crippen LogP contribution in [0.15, 0.2) is 47.6 Å². The highest BCUT2D eigenvalue weighted by atomic mass is 32.2. The Hall–Kier alpha value is -3.47. The van der Waals surface area contributed by atoms with Gasteiger partial charge in [-0.1, -0.05) is 36.0 Å². The Balaban J connectivity index is 1.42. The second-order valence-corrected chi connectivity index (χ2v) is 8.23. The van der Waals surface area contributed by atoms with Crippen LogP contribution in [-0.2, 0) is 22.3 Å². The maximum Gasteiger partial charge on any atom is 0.414 e. The van der Waals surface area contributed by atoms with Crippen molar-refractivity contribution < 1.29 is 18.7 Å². The number of rotatable bonds is 7. The Bertz CT molecular complexity index is 1140. The number of thioether (sulfide) groups is 1. The summed E-state index contributed by atoms with van der Waals surface area (Å²) in [6.07, 6.45) is -1.04. The number of hydrogen-bond donors (Lipinski definition) is 1. The average molecular weight is 457 g/mol. The number of aryl methyl sites for hydroxylation is 1. The van der Waals surface area contributed by atoms with Crippen LogP contribution in [-0.4, -0.2) is 51.4 Å². The van der Waals surface area contributed by atoms with Crippen molar-refractivity contribution in [3.05, 3.63) is 53.8 Å². The van der Waals surface area contributed by atoms with Gasteiger partial charge in [-0.25, -0.2) is 13.9 Å². The van der Waals surface area contributed by atoms with Crippen LogP contribution >= 0.6 is 11.8 Å². The molecule has 32 heavy (non-hydrogen) atoms. The molecular weight excluding hydrogens is 435 g/mol. The Morgan fingerprint density at radius 3 is 2.72 bits per heavy atom. The van der Waals surface area contributed by atoms with Gasteiger partial charge < -0.3 is 10.1 Å². The fourth-order valence-corrected chi connectivity index (χ4v) is 4.08. The monoisotopic (exact) mass is 456 g/mol. The van der Waals surface area contributed by atoms with E-state index in [0.717, 1.165) is 16.3 Å². The van der Waals surface area contributed by atoms with Crippen molar-refractivity contribution in [2.24, 2.45) is 7.05 Å². The van der Waals surface area contributed by atoms with E-state index in [1.54, 1.807) is 23.9 Å². The molecule has 166 valence electrons. The Labute approximate surface area is 187 Å². The minimum absolute atomic E-state index is 0.204. The molecule has 2 amide bonds. The molecular formula is C21H21FN6O3S. The van der Waals surface area contributed by atoms with E-state index in [-0.39, 0.29) is 19.0 Å². The maximum absolute atomic E-state index is 14.9. The van der Waals surface area contributed by atoms with Gasteiger partial charge in [-0.15, -0.1) is 5.10 Å². The number of hydrogen-bond acceptors (Lipinski definition) is 7. The molecule has 1 aliphatic heterocycles. The molecule has 1 saturated heterocycles. The van der Waals surface area contributed by atoms with Crippen LogP contribution < -0.4 is 10.2 Å². The van der Waals surface area contributed by atoms with Gasteiger partial charge in [0.05, 0.1) is 18.8 Å². The highest BCUT2D eigenvalue weighted by Gasteiger charge is 2.32. The first-order valence-electron chi connectivity index (χ1n) is 9.87. The lowest BCUT2D eigenvalue weighted by Crippen LogP contribution is -2.33. The van der Waals surface area contributed by atoms with E-state index in [4.69, 9.17) is 4.74 Å². The zero-order valence-electron chi connectivity index (χ0n) is 17.5. The number of nitrogens with one attached hydrogen (secondary N) is 1. The first-order chi connectivity index (χ1) is 15.4. The number of ether oxygens (including phenoxy) is 1. The number of halogens is 1. The molecule has 0 radical (unpaired) electrons. The van der Waals surface area contributed by atoms with Crippen LogP contribution in [0.2, 0.25) is 0 Å². The molecule has 1 unspecified atom stereocenters. The number of cyclic esters (lactones) is 1. The Morgan fingerprint density at radius 1 is 1.28 bits per heavy atom. The SMILES string of the molecule is CC(=O)NCC1CN(c2ccc(-c3ccc(CSc4nnnn4C)cc3)c(F)c2)C(=O)O1. The molecule has 9 nitrogen and oxygen atoms in total. The third-order valence-electron chi connectivity index (χ3n) is 4.93. The fraction of sp³-hybridized carbons (Fsp3) is 0.286. The summed E-state index contributed by atoms with van der Waals surface area (Å²) in [5.74, 6) is 0.0465. The summed E-state index contributed by atoms with van der Waals surface area (Å²) in [5, 5.41) is 14.7. The number of carbonyl (C=O) groups is 2. The minimum atomic E-state index is -0.563. The van der Waals surface area contributed by atoms with Crippen molar-refractivity contribution in [1.82, 2.24) is 25.5 Å². The molecule has 2 aromatic carbocycles. The largest absolute Gasteiger partial charge is 0.442 e. The van der Waals surface area contributed by atoms with E-state index in [1.165, 1.54) is 29.7 Å². The van der Waals surface area contributed by atoms with Crippen LogP contribution in [0.4, 0.5) is 14.9 Å². The van der Waals surface area contributed by atoms with E-state index in [9.17, 15) is 14.0 Å². The van der Waals surface area contributed by atoms with Gasteiger partial charge in [-0.2, -0.15) is 0 Å². The predicted molar refractivity (Wildman–Crippen MR) is 116 cm³/mol. The van der Waals surface area contributed by atoms with Gasteiger partial charge in [0.1, 0.15) is 11.9 Å². The molecule has 4 rings (SSSR count). The number of tetrazole rings is 1. The number of nitrogens with zero attached hydrogens (tertiary/aromatic N) is 5. The van der Waals surface area contributed by atoms with Crippen LogP contribution in [0.3, 0.4) is 0 Å². The second kappa shape index (κ2) is 9.35. The third-order valence-corrected chi connectivity index (χ3v) is 6.01. The summed E-state index contributed by atoms with van der Waals surface area (Å²) >= 11 is 1.51. The van der Waals surface area contributed by atoms with E-state index in [2.05, 4.69) is 20.8 Å². The molecule has 2 heterocycles. The molecule has 0 saturated carbocycles. The summed E-state index contributed by atoms with van der Waals surface area (Å²) in [6, 6.07) is 12.2. The topological polar surface area (TPSA) is 102 Å². The number of amides is 2. The molecule has 1 aliphatic rings. The normalized spacial score (nSPS) is 15.7. The zero-order valence-corrected chi connectivity index (χ0v) is 18.3. The summed E-state index contributed by atoms with van der Waals surface area (Å²) in [4.78, 5) is 24.6. The van der Waals surface area contributed by atoms with Crippen molar-refractivity contribution >= 4 is 29.4 Å². The zero-order chi connectivity index (χ0) is 22.7. The van der Waals surface area contributed by atoms with Crippen LogP contribution in [0.25, 0.3) is 11.1 Å². The summed E-state index contributed by atoms with van der Waals surface area (Å²) in [6.45, 7) is 1.85. The van der Waals surface area contributed by atoms with E-state index in [0.29, 0.717) is 17.0 Å². The number of benzene rings is 2. The van der Waals surface area contributed by atoms with Crippen LogP contribution in [0.1, 0.15) is 12.5 Å². The lowest BCUT2D eigenvalue weighted by molar-refractivity contribution is -0.119. The smallest absolute Gasteiger partial charge is 0.414 e. The molecule has 11 heteroatoms. The molecule has 1 fully saturated rings. The quantitative estimate of drug-likeness (QED) is 0.546. The number of carbonyl (C=O) groups excluding carboxylic acids is 2. The van der Waals surface area contributed by atoms with Crippen LogP contribution in [0.5, 0.6) is 0 Å². The second-order valence-electron chi connectivity index (χ2n) is 7.29. The third kappa shape index (κ3) is 4.88. The maximum atomic E-state index is 14.9. The average Bonchev–Trinajstić information content (AvgIpc) is 3.36. The highest BCUT2D eigenvalue weighted by molar-refractivity contribution is 7.98. The van der Waals surface area contributed by atoms with Gasteiger partial charge in [-0.05, 0) is 39.8 Å². The lowest BCUT2D eigenvalue weighted by atomic mass is 10.0. The molecule has 3 aromatic rings. The lowest BCUT2D eigenvalue weighted by Gasteiger charge is -2.14. The molecule has 1 aromatic heterocycles. The number of aromatic nitrogens is 4. The molecule has 0 bridgehead atoms. The first-order valence-corrected chi connectivity index (χ1v) is 10.9. The molecule has 0 aliphatic carbocycles. The van der Waals surface area contributed by atoms with Gasteiger partial charge in [0.25, 0.3) is 0 Å². The van der Waals surface area contributed by atoms with E-state index >= 15 is 0 Å². The number of anilines is 1. The molecule has 0 spiro atoms. The van der Waals surface area contributed by atoms with Gasteiger partial charge in [0.2, 0.25) is 11.1 Å². The van der Waals surface area contributed by atoms with Crippen molar-refractivity contribution in [3.63, 3.8) is 0 Å². The first kappa shape index (κ1) is 21.8. The predicted octanol–water partition coefficient (Wildman–Crippen LogP) is 2.77. The molecule has 1 N–H and O–H groups in total. The van der Waals surface area contributed by atoms with Crippen molar-refractivity contribution in [3.8, 4) is 11.1 Å². The van der Waals surface area contributed by atoms with Gasteiger partial charge in [-0.3, -0.25) is 9.69 Å². The Kier molecular flexibility index (Phi) is 6.35. The van der Waals surface area contributed by atoms with Crippen molar-refractivity contribution in [2.75, 3.05) is 18.0 Å². The molecule has 1 atom stereocenters. The van der Waals surface area contributed by atoms with Gasteiger partial charge in [0.15, 0.2) is 0 Å². The summed E-state index contributed by atoms with van der Waals surface area (Å²) in [5.41, 5.74) is 2.64. The minimum Gasteiger partial charge on any atom is -0.442 e. The fourth-order valence-electron chi connectivity index (χ4n) is 3.27. The van der Waals surface area contributed by atoms with Gasteiger partial charge in [0, 0.05) is 25.3 Å². The Morgan fingerprint density at radius 2 is 2.06 bits per heavy atom. The van der Waals surface area contributed by atoms with Gasteiger partial charge >= 0.3 is 6.09 Å². The summed E-state index contributed by atoms with van der Waals surface area (Å²) < 4.78 is 21.7. The highest BCUT2D eigenvalue weighted by Crippen LogP contribution is 2.30. The standard InChI is InChI=1S/C21H21FN6O3S/c1-13(29)23-10-17-11-28(21(30)31-17)16-7-8-18(19(22)9-16)15-5-3-14(4-6-15)12-32-20-24-25-26-27(20)2/h3-9,17H,10-12H2,1-2H3,(H,23,29). The van der Waals surface area contributed by atoms with Crippen LogP contribution in [0, 0.1) is 5.82 Å².